The minimum absolute atomic E-state index is 0.225. The van der Waals surface area contributed by atoms with E-state index in [1.165, 1.54) is 12.8 Å². The molecule has 7 heteroatoms. The Morgan fingerprint density at radius 3 is 2.14 bits per heavy atom. The van der Waals surface area contributed by atoms with Gasteiger partial charge in [-0.05, 0) is 42.4 Å². The summed E-state index contributed by atoms with van der Waals surface area (Å²) in [6.45, 7) is 11.7. The fraction of sp³-hybridized carbons (Fsp3) is 0.714. The van der Waals surface area contributed by atoms with E-state index in [0.29, 0.717) is 23.9 Å². The van der Waals surface area contributed by atoms with Crippen molar-refractivity contribution in [2.24, 2.45) is 5.92 Å². The van der Waals surface area contributed by atoms with Crippen molar-refractivity contribution >= 4 is 10.0 Å². The fourth-order valence-corrected chi connectivity index (χ4v) is 6.31. The molecule has 3 fully saturated rings. The summed E-state index contributed by atoms with van der Waals surface area (Å²) in [5, 5.41) is 3.42. The van der Waals surface area contributed by atoms with Crippen LogP contribution in [-0.4, -0.2) is 74.1 Å². The molecular weight excluding hydrogens is 372 g/mol. The first-order valence-corrected chi connectivity index (χ1v) is 12.1. The second-order valence-corrected chi connectivity index (χ2v) is 10.9. The predicted octanol–water partition coefficient (Wildman–Crippen LogP) is 2.10. The summed E-state index contributed by atoms with van der Waals surface area (Å²) in [6.07, 6.45) is 2.40. The minimum atomic E-state index is -3.49. The van der Waals surface area contributed by atoms with E-state index in [0.717, 1.165) is 43.7 Å². The number of hydrogen-bond acceptors (Lipinski definition) is 5. The van der Waals surface area contributed by atoms with Gasteiger partial charge in [-0.25, -0.2) is 8.42 Å². The third kappa shape index (κ3) is 3.87. The molecule has 2 saturated heterocycles. The first kappa shape index (κ1) is 20.3. The highest BCUT2D eigenvalue weighted by Gasteiger charge is 2.40. The Balaban J connectivity index is 1.43. The standard InChI is InChI=1S/C21H34N4O2S/c1-16(2)18-4-6-20(7-5-18)28(26,27)25-9-8-22-21(25)24-12-10-23(11-13-24)19-14-17(3)15-19/h4-7,16-17,19,21-22H,8-15H2,1-3H3. The number of sulfonamides is 1. The Morgan fingerprint density at radius 1 is 0.964 bits per heavy atom. The molecule has 1 atom stereocenters. The zero-order chi connectivity index (χ0) is 19.9. The molecular formula is C21H34N4O2S. The maximum atomic E-state index is 13.3. The fourth-order valence-electron chi connectivity index (χ4n) is 4.76. The summed E-state index contributed by atoms with van der Waals surface area (Å²) in [4.78, 5) is 5.29. The van der Waals surface area contributed by atoms with Crippen molar-refractivity contribution in [3.05, 3.63) is 29.8 Å². The maximum Gasteiger partial charge on any atom is 0.245 e. The van der Waals surface area contributed by atoms with Gasteiger partial charge in [0, 0.05) is 45.3 Å². The van der Waals surface area contributed by atoms with Crippen LogP contribution in [0.25, 0.3) is 0 Å². The van der Waals surface area contributed by atoms with E-state index >= 15 is 0 Å². The second kappa shape index (κ2) is 8.03. The molecule has 0 aromatic heterocycles. The van der Waals surface area contributed by atoms with Gasteiger partial charge in [-0.15, -0.1) is 0 Å². The molecule has 0 radical (unpaired) electrons. The molecule has 1 aromatic carbocycles. The number of rotatable bonds is 5. The lowest BCUT2D eigenvalue weighted by Gasteiger charge is -2.47. The molecule has 4 rings (SSSR count). The molecule has 2 heterocycles. The van der Waals surface area contributed by atoms with Gasteiger partial charge >= 0.3 is 0 Å². The maximum absolute atomic E-state index is 13.3. The molecule has 6 nitrogen and oxygen atoms in total. The molecule has 0 bridgehead atoms. The number of benzene rings is 1. The molecule has 3 aliphatic rings. The highest BCUT2D eigenvalue weighted by Crippen LogP contribution is 2.32. The lowest BCUT2D eigenvalue weighted by molar-refractivity contribution is 0.00394. The number of hydrogen-bond donors (Lipinski definition) is 1. The molecule has 1 aromatic rings. The van der Waals surface area contributed by atoms with Crippen molar-refractivity contribution in [3.63, 3.8) is 0 Å². The Kier molecular flexibility index (Phi) is 5.82. The van der Waals surface area contributed by atoms with Gasteiger partial charge in [0.25, 0.3) is 0 Å². The zero-order valence-electron chi connectivity index (χ0n) is 17.3. The van der Waals surface area contributed by atoms with Crippen LogP contribution in [0.1, 0.15) is 45.1 Å². The molecule has 28 heavy (non-hydrogen) atoms. The molecule has 2 aliphatic heterocycles. The average Bonchev–Trinajstić information content (AvgIpc) is 3.16. The van der Waals surface area contributed by atoms with E-state index in [9.17, 15) is 8.42 Å². The van der Waals surface area contributed by atoms with Gasteiger partial charge in [0.15, 0.2) is 0 Å². The summed E-state index contributed by atoms with van der Waals surface area (Å²) in [6, 6.07) is 8.14. The zero-order valence-corrected chi connectivity index (χ0v) is 18.2. The number of piperazine rings is 1. The summed E-state index contributed by atoms with van der Waals surface area (Å²) in [7, 11) is -3.49. The molecule has 156 valence electrons. The second-order valence-electron chi connectivity index (χ2n) is 8.97. The highest BCUT2D eigenvalue weighted by molar-refractivity contribution is 7.89. The van der Waals surface area contributed by atoms with Crippen LogP contribution in [0.5, 0.6) is 0 Å². The van der Waals surface area contributed by atoms with Crippen LogP contribution in [0.2, 0.25) is 0 Å². The van der Waals surface area contributed by atoms with E-state index in [-0.39, 0.29) is 6.29 Å². The van der Waals surface area contributed by atoms with Gasteiger partial charge in [0.1, 0.15) is 6.29 Å². The Morgan fingerprint density at radius 2 is 1.57 bits per heavy atom. The van der Waals surface area contributed by atoms with Crippen molar-refractivity contribution in [2.45, 2.75) is 56.8 Å². The topological polar surface area (TPSA) is 55.9 Å². The first-order chi connectivity index (χ1) is 13.4. The largest absolute Gasteiger partial charge is 0.298 e. The van der Waals surface area contributed by atoms with Gasteiger partial charge in [-0.2, -0.15) is 4.31 Å². The van der Waals surface area contributed by atoms with Crippen LogP contribution in [0.15, 0.2) is 29.2 Å². The van der Waals surface area contributed by atoms with Crippen LogP contribution in [0.3, 0.4) is 0 Å². The average molecular weight is 407 g/mol. The highest BCUT2D eigenvalue weighted by atomic mass is 32.2. The van der Waals surface area contributed by atoms with Crippen molar-refractivity contribution < 1.29 is 8.42 Å². The summed E-state index contributed by atoms with van der Waals surface area (Å²) in [5.74, 6) is 1.26. The van der Waals surface area contributed by atoms with Crippen LogP contribution < -0.4 is 5.32 Å². The SMILES string of the molecule is CC1CC(N2CCN(C3NCCN3S(=O)(=O)c3ccc(C(C)C)cc3)CC2)C1. The van der Waals surface area contributed by atoms with Crippen molar-refractivity contribution in [1.82, 2.24) is 19.4 Å². The van der Waals surface area contributed by atoms with Crippen molar-refractivity contribution in [1.29, 1.82) is 0 Å². The van der Waals surface area contributed by atoms with E-state index in [4.69, 9.17) is 0 Å². The van der Waals surface area contributed by atoms with Crippen LogP contribution in [0, 0.1) is 5.92 Å². The van der Waals surface area contributed by atoms with Gasteiger partial charge in [0.2, 0.25) is 10.0 Å². The van der Waals surface area contributed by atoms with Gasteiger partial charge in [0.05, 0.1) is 4.90 Å². The van der Waals surface area contributed by atoms with Gasteiger partial charge in [-0.1, -0.05) is 32.9 Å². The monoisotopic (exact) mass is 406 g/mol. The lowest BCUT2D eigenvalue weighted by Crippen LogP contribution is -2.60. The van der Waals surface area contributed by atoms with Gasteiger partial charge < -0.3 is 0 Å². The quantitative estimate of drug-likeness (QED) is 0.812. The lowest BCUT2D eigenvalue weighted by atomic mass is 9.80. The minimum Gasteiger partial charge on any atom is -0.298 e. The third-order valence-corrected chi connectivity index (χ3v) is 8.51. The normalized spacial score (nSPS) is 30.6. The molecule has 1 N–H and O–H groups in total. The Bertz CT molecular complexity index is 766. The Hall–Kier alpha value is -0.990. The van der Waals surface area contributed by atoms with Crippen LogP contribution >= 0.6 is 0 Å². The first-order valence-electron chi connectivity index (χ1n) is 10.7. The van der Waals surface area contributed by atoms with Crippen LogP contribution in [-0.2, 0) is 10.0 Å². The molecule has 1 unspecified atom stereocenters. The number of nitrogens with zero attached hydrogens (tertiary/aromatic N) is 3. The predicted molar refractivity (Wildman–Crippen MR) is 112 cm³/mol. The van der Waals surface area contributed by atoms with Crippen LogP contribution in [0.4, 0.5) is 0 Å². The molecule has 1 aliphatic carbocycles. The summed E-state index contributed by atoms with van der Waals surface area (Å²) < 4.78 is 28.2. The molecule has 0 amide bonds. The van der Waals surface area contributed by atoms with Crippen molar-refractivity contribution in [3.8, 4) is 0 Å². The molecule has 1 saturated carbocycles. The van der Waals surface area contributed by atoms with E-state index in [1.807, 2.05) is 12.1 Å². The van der Waals surface area contributed by atoms with Gasteiger partial charge in [-0.3, -0.25) is 15.1 Å². The third-order valence-electron chi connectivity index (χ3n) is 6.65. The van der Waals surface area contributed by atoms with E-state index < -0.39 is 10.0 Å². The summed E-state index contributed by atoms with van der Waals surface area (Å²) in [5.41, 5.74) is 1.16. The number of nitrogens with one attached hydrogen (secondary N) is 1. The smallest absolute Gasteiger partial charge is 0.245 e. The summed E-state index contributed by atoms with van der Waals surface area (Å²) >= 11 is 0. The van der Waals surface area contributed by atoms with E-state index in [1.54, 1.807) is 16.4 Å². The van der Waals surface area contributed by atoms with E-state index in [2.05, 4.69) is 35.9 Å². The van der Waals surface area contributed by atoms with Crippen molar-refractivity contribution in [2.75, 3.05) is 39.3 Å². The molecule has 0 spiro atoms. The Labute approximate surface area is 169 Å².